The van der Waals surface area contributed by atoms with Crippen LogP contribution < -0.4 is 5.32 Å². The number of carbonyl (C=O) groups is 1. The van der Waals surface area contributed by atoms with Crippen LogP contribution in [-0.2, 0) is 9.53 Å². The van der Waals surface area contributed by atoms with Crippen LogP contribution in [0.1, 0.15) is 11.6 Å². The molecule has 2 rings (SSSR count). The van der Waals surface area contributed by atoms with Crippen molar-refractivity contribution in [2.75, 3.05) is 13.2 Å². The van der Waals surface area contributed by atoms with E-state index in [1.165, 1.54) is 5.56 Å². The summed E-state index contributed by atoms with van der Waals surface area (Å²) in [5.74, 6) is 0. The highest BCUT2D eigenvalue weighted by Gasteiger charge is 2.21. The van der Waals surface area contributed by atoms with Crippen molar-refractivity contribution in [1.29, 1.82) is 0 Å². The number of carbonyl (C=O) groups excluding carboxylic acids is 1. The lowest BCUT2D eigenvalue weighted by Crippen LogP contribution is -2.44. The summed E-state index contributed by atoms with van der Waals surface area (Å²) in [6, 6.07) is 9.99. The standard InChI is InChI=1S/C11H13NO2/c13-6-10-7-14-8-11(12-10)9-4-2-1-3-5-9/h1-6,10-12H,7-8H2. The van der Waals surface area contributed by atoms with Gasteiger partial charge < -0.3 is 9.53 Å². The number of rotatable bonds is 2. The van der Waals surface area contributed by atoms with E-state index in [2.05, 4.69) is 5.32 Å². The van der Waals surface area contributed by atoms with Gasteiger partial charge in [-0.15, -0.1) is 0 Å². The molecule has 2 atom stereocenters. The Bertz CT molecular complexity index is 299. The summed E-state index contributed by atoms with van der Waals surface area (Å²) in [6.45, 7) is 1.11. The smallest absolute Gasteiger partial charge is 0.139 e. The molecule has 14 heavy (non-hydrogen) atoms. The third kappa shape index (κ3) is 2.00. The molecule has 1 aliphatic heterocycles. The van der Waals surface area contributed by atoms with E-state index in [0.717, 1.165) is 6.29 Å². The van der Waals surface area contributed by atoms with Crippen LogP contribution in [0.3, 0.4) is 0 Å². The highest BCUT2D eigenvalue weighted by Crippen LogP contribution is 2.16. The zero-order valence-corrected chi connectivity index (χ0v) is 7.85. The van der Waals surface area contributed by atoms with Crippen LogP contribution >= 0.6 is 0 Å². The molecule has 3 nitrogen and oxygen atoms in total. The summed E-state index contributed by atoms with van der Waals surface area (Å²) in [6.07, 6.45) is 0.898. The highest BCUT2D eigenvalue weighted by molar-refractivity contribution is 5.58. The second-order valence-corrected chi connectivity index (χ2v) is 3.41. The van der Waals surface area contributed by atoms with E-state index in [1.807, 2.05) is 30.3 Å². The van der Waals surface area contributed by atoms with Gasteiger partial charge in [-0.05, 0) is 5.56 Å². The van der Waals surface area contributed by atoms with Crippen molar-refractivity contribution in [2.45, 2.75) is 12.1 Å². The van der Waals surface area contributed by atoms with Crippen LogP contribution in [0.4, 0.5) is 0 Å². The maximum absolute atomic E-state index is 10.6. The Labute approximate surface area is 83.1 Å². The van der Waals surface area contributed by atoms with Crippen LogP contribution in [0.5, 0.6) is 0 Å². The van der Waals surface area contributed by atoms with Gasteiger partial charge >= 0.3 is 0 Å². The largest absolute Gasteiger partial charge is 0.377 e. The minimum Gasteiger partial charge on any atom is -0.377 e. The molecule has 3 heteroatoms. The number of benzene rings is 1. The Hall–Kier alpha value is -1.19. The molecule has 1 N–H and O–H groups in total. The molecule has 1 aromatic rings. The molecular weight excluding hydrogens is 178 g/mol. The fraction of sp³-hybridized carbons (Fsp3) is 0.364. The number of nitrogens with one attached hydrogen (secondary N) is 1. The first-order valence-corrected chi connectivity index (χ1v) is 4.74. The summed E-state index contributed by atoms with van der Waals surface area (Å²) >= 11 is 0. The fourth-order valence-electron chi connectivity index (χ4n) is 1.62. The Morgan fingerprint density at radius 3 is 2.79 bits per heavy atom. The first-order chi connectivity index (χ1) is 6.90. The van der Waals surface area contributed by atoms with E-state index in [0.29, 0.717) is 13.2 Å². The van der Waals surface area contributed by atoms with Crippen LogP contribution in [0.15, 0.2) is 30.3 Å². The third-order valence-corrected chi connectivity index (χ3v) is 2.36. The van der Waals surface area contributed by atoms with Crippen molar-refractivity contribution in [3.05, 3.63) is 35.9 Å². The maximum atomic E-state index is 10.6. The van der Waals surface area contributed by atoms with E-state index in [9.17, 15) is 4.79 Å². The number of hydrogen-bond donors (Lipinski definition) is 1. The zero-order valence-electron chi connectivity index (χ0n) is 7.85. The Morgan fingerprint density at radius 1 is 1.29 bits per heavy atom. The van der Waals surface area contributed by atoms with Crippen molar-refractivity contribution in [3.63, 3.8) is 0 Å². The van der Waals surface area contributed by atoms with Crippen LogP contribution in [0.25, 0.3) is 0 Å². The Morgan fingerprint density at radius 2 is 2.07 bits per heavy atom. The van der Waals surface area contributed by atoms with E-state index >= 15 is 0 Å². The van der Waals surface area contributed by atoms with Crippen molar-refractivity contribution < 1.29 is 9.53 Å². The molecule has 1 heterocycles. The van der Waals surface area contributed by atoms with Gasteiger partial charge in [0.05, 0.1) is 25.3 Å². The average molecular weight is 191 g/mol. The number of ether oxygens (including phenoxy) is 1. The van der Waals surface area contributed by atoms with Crippen LogP contribution in [0, 0.1) is 0 Å². The minimum absolute atomic E-state index is 0.139. The first kappa shape index (κ1) is 9.37. The molecule has 2 unspecified atom stereocenters. The summed E-state index contributed by atoms with van der Waals surface area (Å²) in [4.78, 5) is 10.6. The number of hydrogen-bond acceptors (Lipinski definition) is 3. The molecule has 0 bridgehead atoms. The summed E-state index contributed by atoms with van der Waals surface area (Å²) in [5.41, 5.74) is 1.17. The topological polar surface area (TPSA) is 38.3 Å². The Kier molecular flexibility index (Phi) is 2.91. The van der Waals surface area contributed by atoms with E-state index in [1.54, 1.807) is 0 Å². The normalized spacial score (nSPS) is 27.1. The van der Waals surface area contributed by atoms with E-state index in [4.69, 9.17) is 4.74 Å². The van der Waals surface area contributed by atoms with E-state index < -0.39 is 0 Å². The van der Waals surface area contributed by atoms with Gasteiger partial charge in [-0.25, -0.2) is 0 Å². The van der Waals surface area contributed by atoms with Crippen LogP contribution in [0.2, 0.25) is 0 Å². The first-order valence-electron chi connectivity index (χ1n) is 4.74. The molecular formula is C11H13NO2. The molecule has 0 aromatic heterocycles. The van der Waals surface area contributed by atoms with Crippen molar-refractivity contribution in [2.24, 2.45) is 0 Å². The SMILES string of the molecule is O=CC1COCC(c2ccccc2)N1. The van der Waals surface area contributed by atoms with E-state index in [-0.39, 0.29) is 12.1 Å². The second-order valence-electron chi connectivity index (χ2n) is 3.41. The molecule has 1 aromatic carbocycles. The second kappa shape index (κ2) is 4.35. The molecule has 0 saturated carbocycles. The highest BCUT2D eigenvalue weighted by atomic mass is 16.5. The number of morpholine rings is 1. The molecule has 1 saturated heterocycles. The van der Waals surface area contributed by atoms with Gasteiger partial charge in [0.1, 0.15) is 6.29 Å². The fourth-order valence-corrected chi connectivity index (χ4v) is 1.62. The van der Waals surface area contributed by atoms with Crippen molar-refractivity contribution >= 4 is 6.29 Å². The van der Waals surface area contributed by atoms with Gasteiger partial charge in [-0.1, -0.05) is 30.3 Å². The predicted molar refractivity (Wildman–Crippen MR) is 53.0 cm³/mol. The van der Waals surface area contributed by atoms with Gasteiger partial charge in [0.25, 0.3) is 0 Å². The van der Waals surface area contributed by atoms with Gasteiger partial charge in [-0.3, -0.25) is 5.32 Å². The maximum Gasteiger partial charge on any atom is 0.139 e. The molecule has 0 aliphatic carbocycles. The summed E-state index contributed by atoms with van der Waals surface area (Å²) in [7, 11) is 0. The molecule has 74 valence electrons. The lowest BCUT2D eigenvalue weighted by atomic mass is 10.1. The predicted octanol–water partition coefficient (Wildman–Crippen LogP) is 0.915. The molecule has 0 radical (unpaired) electrons. The average Bonchev–Trinajstić information content (AvgIpc) is 2.30. The van der Waals surface area contributed by atoms with Gasteiger partial charge in [-0.2, -0.15) is 0 Å². The van der Waals surface area contributed by atoms with Gasteiger partial charge in [0, 0.05) is 0 Å². The molecule has 0 spiro atoms. The summed E-state index contributed by atoms with van der Waals surface area (Å²) < 4.78 is 5.35. The minimum atomic E-state index is -0.172. The van der Waals surface area contributed by atoms with Crippen molar-refractivity contribution in [1.82, 2.24) is 5.32 Å². The summed E-state index contributed by atoms with van der Waals surface area (Å²) in [5, 5.41) is 3.23. The van der Waals surface area contributed by atoms with Crippen molar-refractivity contribution in [3.8, 4) is 0 Å². The Balaban J connectivity index is 2.08. The zero-order chi connectivity index (χ0) is 9.80. The third-order valence-electron chi connectivity index (χ3n) is 2.36. The monoisotopic (exact) mass is 191 g/mol. The molecule has 1 aliphatic rings. The van der Waals surface area contributed by atoms with Crippen LogP contribution in [-0.4, -0.2) is 25.5 Å². The van der Waals surface area contributed by atoms with Gasteiger partial charge in [0.2, 0.25) is 0 Å². The lowest BCUT2D eigenvalue weighted by Gasteiger charge is -2.28. The molecule has 1 fully saturated rings. The molecule has 0 amide bonds. The van der Waals surface area contributed by atoms with Gasteiger partial charge in [0.15, 0.2) is 0 Å². The quantitative estimate of drug-likeness (QED) is 0.706. The number of aldehydes is 1. The lowest BCUT2D eigenvalue weighted by molar-refractivity contribution is -0.112.